The average molecular weight is 367 g/mol. The fraction of sp³-hybridized carbons (Fsp3) is 0.333. The van der Waals surface area contributed by atoms with Crippen molar-refractivity contribution in [2.75, 3.05) is 13.1 Å². The van der Waals surface area contributed by atoms with Gasteiger partial charge in [-0.3, -0.25) is 9.59 Å². The Morgan fingerprint density at radius 2 is 1.89 bits per heavy atom. The van der Waals surface area contributed by atoms with E-state index in [-0.39, 0.29) is 17.3 Å². The molecular weight excluding hydrogens is 345 g/mol. The number of carbonyl (C=O) groups is 1. The lowest BCUT2D eigenvalue weighted by atomic mass is 9.90. The highest BCUT2D eigenvalue weighted by atomic mass is 19.1. The van der Waals surface area contributed by atoms with Gasteiger partial charge >= 0.3 is 0 Å². The number of aryl methyl sites for hydroxylation is 1. The van der Waals surface area contributed by atoms with Crippen molar-refractivity contribution in [2.45, 2.75) is 19.3 Å². The predicted molar refractivity (Wildman–Crippen MR) is 102 cm³/mol. The van der Waals surface area contributed by atoms with Crippen LogP contribution in [0, 0.1) is 11.7 Å². The minimum absolute atomic E-state index is 0.0320. The predicted octanol–water partition coefficient (Wildman–Crippen LogP) is 3.10. The molecule has 4 rings (SSSR count). The number of amides is 1. The first-order chi connectivity index (χ1) is 13.0. The monoisotopic (exact) mass is 367 g/mol. The zero-order chi connectivity index (χ0) is 19.0. The summed E-state index contributed by atoms with van der Waals surface area (Å²) in [4.78, 5) is 30.0. The number of fused-ring (bicyclic) bond motifs is 1. The molecule has 0 radical (unpaired) electrons. The van der Waals surface area contributed by atoms with Crippen LogP contribution in [0.15, 0.2) is 47.5 Å². The number of carbonyl (C=O) groups excluding carboxylic acids is 1. The van der Waals surface area contributed by atoms with E-state index in [1.807, 2.05) is 17.0 Å². The fourth-order valence-electron chi connectivity index (χ4n) is 3.90. The highest BCUT2D eigenvalue weighted by Gasteiger charge is 2.25. The molecule has 3 heterocycles. The van der Waals surface area contributed by atoms with Gasteiger partial charge in [-0.2, -0.15) is 0 Å². The van der Waals surface area contributed by atoms with Gasteiger partial charge in [-0.1, -0.05) is 12.1 Å². The molecule has 1 aliphatic heterocycles. The number of benzene rings is 1. The first-order valence-corrected chi connectivity index (χ1v) is 9.23. The number of aromatic nitrogens is 2. The van der Waals surface area contributed by atoms with E-state index in [0.717, 1.165) is 24.8 Å². The standard InChI is InChI=1S/C21H22FN3O2/c1-24-13-18(17-6-9-23-19(17)21(24)27)20(26)25-10-7-15(8-11-25)12-14-2-4-16(22)5-3-14/h2-6,9,13,15,23H,7-8,10-12H2,1H3. The number of rotatable bonds is 3. The summed E-state index contributed by atoms with van der Waals surface area (Å²) in [6.07, 6.45) is 6.07. The number of nitrogens with zero attached hydrogens (tertiary/aromatic N) is 2. The van der Waals surface area contributed by atoms with Crippen LogP contribution in [0.4, 0.5) is 4.39 Å². The average Bonchev–Trinajstić information content (AvgIpc) is 3.17. The number of pyridine rings is 1. The molecule has 0 unspecified atom stereocenters. The number of H-pyrrole nitrogens is 1. The van der Waals surface area contributed by atoms with Gasteiger partial charge in [0.25, 0.3) is 11.5 Å². The Bertz CT molecular complexity index is 1030. The van der Waals surface area contributed by atoms with Crippen LogP contribution in [-0.2, 0) is 13.5 Å². The third kappa shape index (κ3) is 3.39. The Kier molecular flexibility index (Phi) is 4.56. The summed E-state index contributed by atoms with van der Waals surface area (Å²) in [6.45, 7) is 1.39. The van der Waals surface area contributed by atoms with Gasteiger partial charge in [0.15, 0.2) is 0 Å². The summed E-state index contributed by atoms with van der Waals surface area (Å²) in [5.41, 5.74) is 2.03. The number of aromatic amines is 1. The van der Waals surface area contributed by atoms with Crippen molar-refractivity contribution in [3.8, 4) is 0 Å². The molecule has 27 heavy (non-hydrogen) atoms. The highest BCUT2D eigenvalue weighted by molar-refractivity contribution is 6.05. The maximum absolute atomic E-state index is 13.0. The van der Waals surface area contributed by atoms with Gasteiger partial charge in [-0.05, 0) is 48.9 Å². The number of nitrogens with one attached hydrogen (secondary N) is 1. The van der Waals surface area contributed by atoms with Crippen LogP contribution in [0.5, 0.6) is 0 Å². The normalized spacial score (nSPS) is 15.4. The quantitative estimate of drug-likeness (QED) is 0.773. The SMILES string of the molecule is Cn1cc(C(=O)N2CCC(Cc3ccc(F)cc3)CC2)c2cc[nH]c2c1=O. The Labute approximate surface area is 156 Å². The molecule has 1 amide bonds. The highest BCUT2D eigenvalue weighted by Crippen LogP contribution is 2.24. The van der Waals surface area contributed by atoms with Crippen molar-refractivity contribution < 1.29 is 9.18 Å². The molecule has 1 saturated heterocycles. The van der Waals surface area contributed by atoms with Crippen molar-refractivity contribution in [3.05, 3.63) is 70.0 Å². The van der Waals surface area contributed by atoms with Crippen molar-refractivity contribution >= 4 is 16.8 Å². The summed E-state index contributed by atoms with van der Waals surface area (Å²) >= 11 is 0. The molecule has 3 aromatic rings. The lowest BCUT2D eigenvalue weighted by Gasteiger charge is -2.32. The maximum atomic E-state index is 13.0. The van der Waals surface area contributed by atoms with E-state index in [4.69, 9.17) is 0 Å². The molecule has 0 aliphatic carbocycles. The molecule has 1 aromatic carbocycles. The minimum Gasteiger partial charge on any atom is -0.357 e. The molecule has 140 valence electrons. The molecule has 6 heteroatoms. The van der Waals surface area contributed by atoms with E-state index >= 15 is 0 Å². The van der Waals surface area contributed by atoms with E-state index in [0.29, 0.717) is 35.5 Å². The Morgan fingerprint density at radius 3 is 2.59 bits per heavy atom. The van der Waals surface area contributed by atoms with Crippen LogP contribution in [0.2, 0.25) is 0 Å². The van der Waals surface area contributed by atoms with Crippen LogP contribution in [-0.4, -0.2) is 33.4 Å². The third-order valence-corrected chi connectivity index (χ3v) is 5.46. The first kappa shape index (κ1) is 17.5. The molecule has 2 aromatic heterocycles. The van der Waals surface area contributed by atoms with Gasteiger partial charge < -0.3 is 14.5 Å². The van der Waals surface area contributed by atoms with Gasteiger partial charge in [0.2, 0.25) is 0 Å². The molecule has 1 N–H and O–H groups in total. The Balaban J connectivity index is 1.46. The van der Waals surface area contributed by atoms with E-state index in [2.05, 4.69) is 4.98 Å². The number of likely N-dealkylation sites (tertiary alicyclic amines) is 1. The van der Waals surface area contributed by atoms with E-state index < -0.39 is 0 Å². The van der Waals surface area contributed by atoms with Crippen LogP contribution < -0.4 is 5.56 Å². The molecule has 5 nitrogen and oxygen atoms in total. The molecule has 1 aliphatic rings. The lowest BCUT2D eigenvalue weighted by molar-refractivity contribution is 0.0691. The Morgan fingerprint density at radius 1 is 1.19 bits per heavy atom. The topological polar surface area (TPSA) is 58.1 Å². The van der Waals surface area contributed by atoms with Gasteiger partial charge in [0, 0.05) is 37.9 Å². The second-order valence-electron chi connectivity index (χ2n) is 7.29. The zero-order valence-electron chi connectivity index (χ0n) is 15.2. The van der Waals surface area contributed by atoms with E-state index in [1.165, 1.54) is 16.7 Å². The van der Waals surface area contributed by atoms with E-state index in [9.17, 15) is 14.0 Å². The number of piperidine rings is 1. The Hall–Kier alpha value is -2.89. The summed E-state index contributed by atoms with van der Waals surface area (Å²) in [5.74, 6) is 0.245. The molecule has 0 saturated carbocycles. The largest absolute Gasteiger partial charge is 0.357 e. The summed E-state index contributed by atoms with van der Waals surface area (Å²) < 4.78 is 14.5. The zero-order valence-corrected chi connectivity index (χ0v) is 15.2. The van der Waals surface area contributed by atoms with Crippen LogP contribution in [0.25, 0.3) is 10.9 Å². The van der Waals surface area contributed by atoms with Crippen molar-refractivity contribution in [3.63, 3.8) is 0 Å². The minimum atomic E-state index is -0.215. The second-order valence-corrected chi connectivity index (χ2v) is 7.29. The van der Waals surface area contributed by atoms with Gasteiger partial charge in [0.05, 0.1) is 5.56 Å². The molecule has 0 spiro atoms. The fourth-order valence-corrected chi connectivity index (χ4v) is 3.90. The molecule has 1 fully saturated rings. The van der Waals surface area contributed by atoms with Crippen molar-refractivity contribution in [1.29, 1.82) is 0 Å². The number of hydrogen-bond donors (Lipinski definition) is 1. The number of halogens is 1. The van der Waals surface area contributed by atoms with Gasteiger partial charge in [-0.25, -0.2) is 4.39 Å². The molecular formula is C21H22FN3O2. The first-order valence-electron chi connectivity index (χ1n) is 9.23. The summed E-state index contributed by atoms with van der Waals surface area (Å²) in [5, 5.41) is 0.677. The molecule has 0 atom stereocenters. The van der Waals surface area contributed by atoms with Crippen LogP contribution in [0.3, 0.4) is 0 Å². The maximum Gasteiger partial charge on any atom is 0.274 e. The van der Waals surface area contributed by atoms with Crippen molar-refractivity contribution in [2.24, 2.45) is 13.0 Å². The summed E-state index contributed by atoms with van der Waals surface area (Å²) in [6, 6.07) is 8.44. The summed E-state index contributed by atoms with van der Waals surface area (Å²) in [7, 11) is 1.66. The lowest BCUT2D eigenvalue weighted by Crippen LogP contribution is -2.39. The number of hydrogen-bond acceptors (Lipinski definition) is 2. The van der Waals surface area contributed by atoms with Gasteiger partial charge in [0.1, 0.15) is 11.3 Å². The smallest absolute Gasteiger partial charge is 0.274 e. The van der Waals surface area contributed by atoms with Crippen molar-refractivity contribution in [1.82, 2.24) is 14.5 Å². The molecule has 0 bridgehead atoms. The third-order valence-electron chi connectivity index (χ3n) is 5.46. The van der Waals surface area contributed by atoms with Crippen LogP contribution in [0.1, 0.15) is 28.8 Å². The van der Waals surface area contributed by atoms with Gasteiger partial charge in [-0.15, -0.1) is 0 Å². The van der Waals surface area contributed by atoms with Crippen LogP contribution >= 0.6 is 0 Å². The van der Waals surface area contributed by atoms with E-state index in [1.54, 1.807) is 25.5 Å². The second kappa shape index (κ2) is 7.02.